The molecule has 0 bridgehead atoms. The number of hydrogen-bond acceptors (Lipinski definition) is 4. The number of nitro groups is 1. The maximum Gasteiger partial charge on any atom is 0.273 e. The Morgan fingerprint density at radius 3 is 2.74 bits per heavy atom. The van der Waals surface area contributed by atoms with E-state index in [2.05, 4.69) is 0 Å². The standard InChI is InChI=1S/C13H16N2O4/c16-13(14-7-2-1-3-8-14)10-19-12-6-4-5-11(9-12)15(17)18/h4-6,9H,1-3,7-8,10H2. The van der Waals surface area contributed by atoms with E-state index in [1.165, 1.54) is 12.1 Å². The Morgan fingerprint density at radius 1 is 1.32 bits per heavy atom. The topological polar surface area (TPSA) is 72.7 Å². The van der Waals surface area contributed by atoms with Gasteiger partial charge in [-0.05, 0) is 25.3 Å². The van der Waals surface area contributed by atoms with Crippen molar-refractivity contribution in [3.63, 3.8) is 0 Å². The second-order valence-corrected chi connectivity index (χ2v) is 4.48. The third-order valence-corrected chi connectivity index (χ3v) is 3.10. The SMILES string of the molecule is O=C(COc1cccc([N+](=O)[O-])c1)N1CCCCC1. The summed E-state index contributed by atoms with van der Waals surface area (Å²) >= 11 is 0. The Kier molecular flexibility index (Phi) is 4.33. The van der Waals surface area contributed by atoms with Gasteiger partial charge in [-0.1, -0.05) is 6.07 Å². The predicted molar refractivity (Wildman–Crippen MR) is 69.0 cm³/mol. The number of benzene rings is 1. The highest BCUT2D eigenvalue weighted by Crippen LogP contribution is 2.19. The van der Waals surface area contributed by atoms with Crippen LogP contribution in [-0.4, -0.2) is 35.4 Å². The molecular formula is C13H16N2O4. The van der Waals surface area contributed by atoms with Crippen LogP contribution in [0, 0.1) is 10.1 Å². The second kappa shape index (κ2) is 6.17. The molecule has 0 unspecified atom stereocenters. The number of hydrogen-bond donors (Lipinski definition) is 0. The van der Waals surface area contributed by atoms with E-state index < -0.39 is 4.92 Å². The van der Waals surface area contributed by atoms with Crippen molar-refractivity contribution in [1.82, 2.24) is 4.90 Å². The Balaban J connectivity index is 1.89. The summed E-state index contributed by atoms with van der Waals surface area (Å²) < 4.78 is 5.32. The minimum absolute atomic E-state index is 0.0390. The molecule has 1 aromatic rings. The molecule has 0 N–H and O–H groups in total. The highest BCUT2D eigenvalue weighted by atomic mass is 16.6. The van der Waals surface area contributed by atoms with Crippen LogP contribution >= 0.6 is 0 Å². The van der Waals surface area contributed by atoms with Gasteiger partial charge in [0.1, 0.15) is 5.75 Å². The lowest BCUT2D eigenvalue weighted by molar-refractivity contribution is -0.384. The van der Waals surface area contributed by atoms with Crippen LogP contribution in [0.4, 0.5) is 5.69 Å². The Morgan fingerprint density at radius 2 is 2.05 bits per heavy atom. The number of piperidine rings is 1. The summed E-state index contributed by atoms with van der Waals surface area (Å²) in [5.74, 6) is 0.283. The first kappa shape index (κ1) is 13.3. The van der Waals surface area contributed by atoms with E-state index >= 15 is 0 Å². The van der Waals surface area contributed by atoms with Crippen LogP contribution in [0.25, 0.3) is 0 Å². The zero-order valence-corrected chi connectivity index (χ0v) is 10.6. The molecule has 19 heavy (non-hydrogen) atoms. The smallest absolute Gasteiger partial charge is 0.273 e. The third-order valence-electron chi connectivity index (χ3n) is 3.10. The monoisotopic (exact) mass is 264 g/mol. The molecule has 1 aliphatic heterocycles. The molecule has 0 aliphatic carbocycles. The van der Waals surface area contributed by atoms with Gasteiger partial charge in [-0.15, -0.1) is 0 Å². The number of carbonyl (C=O) groups is 1. The molecule has 102 valence electrons. The van der Waals surface area contributed by atoms with Gasteiger partial charge in [-0.25, -0.2) is 0 Å². The van der Waals surface area contributed by atoms with Crippen LogP contribution in [0.1, 0.15) is 19.3 Å². The largest absolute Gasteiger partial charge is 0.484 e. The number of likely N-dealkylation sites (tertiary alicyclic amines) is 1. The van der Waals surface area contributed by atoms with Gasteiger partial charge in [-0.2, -0.15) is 0 Å². The lowest BCUT2D eigenvalue weighted by Crippen LogP contribution is -2.38. The van der Waals surface area contributed by atoms with Crippen molar-refractivity contribution in [2.45, 2.75) is 19.3 Å². The molecule has 0 atom stereocenters. The Hall–Kier alpha value is -2.11. The van der Waals surface area contributed by atoms with Crippen molar-refractivity contribution < 1.29 is 14.5 Å². The number of ether oxygens (including phenoxy) is 1. The molecule has 0 saturated carbocycles. The quantitative estimate of drug-likeness (QED) is 0.615. The van der Waals surface area contributed by atoms with Gasteiger partial charge in [0, 0.05) is 19.2 Å². The second-order valence-electron chi connectivity index (χ2n) is 4.48. The zero-order valence-electron chi connectivity index (χ0n) is 10.6. The summed E-state index contributed by atoms with van der Waals surface area (Å²) in [5, 5.41) is 10.6. The fourth-order valence-corrected chi connectivity index (χ4v) is 2.07. The van der Waals surface area contributed by atoms with Gasteiger partial charge in [-0.3, -0.25) is 14.9 Å². The van der Waals surface area contributed by atoms with Crippen molar-refractivity contribution in [2.75, 3.05) is 19.7 Å². The molecule has 0 radical (unpaired) electrons. The van der Waals surface area contributed by atoms with Gasteiger partial charge in [0.2, 0.25) is 0 Å². The van der Waals surface area contributed by atoms with E-state index in [9.17, 15) is 14.9 Å². The van der Waals surface area contributed by atoms with E-state index in [1.54, 1.807) is 17.0 Å². The molecule has 0 spiro atoms. The van der Waals surface area contributed by atoms with Crippen LogP contribution in [0.3, 0.4) is 0 Å². The average molecular weight is 264 g/mol. The van der Waals surface area contributed by atoms with Crippen molar-refractivity contribution >= 4 is 11.6 Å². The number of carbonyl (C=O) groups excluding carboxylic acids is 1. The normalized spacial score (nSPS) is 15.1. The molecule has 1 aromatic carbocycles. The van der Waals surface area contributed by atoms with Crippen LogP contribution in [0.15, 0.2) is 24.3 Å². The highest BCUT2D eigenvalue weighted by Gasteiger charge is 2.17. The van der Waals surface area contributed by atoms with E-state index in [4.69, 9.17) is 4.74 Å². The van der Waals surface area contributed by atoms with Crippen LogP contribution in [0.5, 0.6) is 5.75 Å². The van der Waals surface area contributed by atoms with Gasteiger partial charge in [0.05, 0.1) is 11.0 Å². The number of non-ortho nitro benzene ring substituents is 1. The number of rotatable bonds is 4. The summed E-state index contributed by atoms with van der Waals surface area (Å²) in [5.41, 5.74) is -0.0390. The summed E-state index contributed by atoms with van der Waals surface area (Å²) in [4.78, 5) is 23.8. The molecule has 1 saturated heterocycles. The molecule has 6 heteroatoms. The number of amides is 1. The highest BCUT2D eigenvalue weighted by molar-refractivity contribution is 5.77. The molecule has 1 amide bonds. The molecule has 1 heterocycles. The van der Waals surface area contributed by atoms with E-state index in [0.717, 1.165) is 32.4 Å². The van der Waals surface area contributed by atoms with Crippen molar-refractivity contribution in [2.24, 2.45) is 0 Å². The summed E-state index contributed by atoms with van der Waals surface area (Å²) in [6.45, 7) is 1.48. The first-order valence-electron chi connectivity index (χ1n) is 6.32. The molecular weight excluding hydrogens is 248 g/mol. The molecule has 6 nitrogen and oxygen atoms in total. The first-order chi connectivity index (χ1) is 9.16. The molecule has 0 aromatic heterocycles. The molecule has 2 rings (SSSR count). The fraction of sp³-hybridized carbons (Fsp3) is 0.462. The van der Waals surface area contributed by atoms with Crippen LogP contribution in [-0.2, 0) is 4.79 Å². The minimum atomic E-state index is -0.487. The lowest BCUT2D eigenvalue weighted by Gasteiger charge is -2.26. The molecule has 1 aliphatic rings. The van der Waals surface area contributed by atoms with Crippen molar-refractivity contribution in [1.29, 1.82) is 0 Å². The number of nitrogens with zero attached hydrogens (tertiary/aromatic N) is 2. The zero-order chi connectivity index (χ0) is 13.7. The van der Waals surface area contributed by atoms with E-state index in [-0.39, 0.29) is 18.2 Å². The van der Waals surface area contributed by atoms with Crippen molar-refractivity contribution in [3.05, 3.63) is 34.4 Å². The van der Waals surface area contributed by atoms with Gasteiger partial charge < -0.3 is 9.64 Å². The van der Waals surface area contributed by atoms with Crippen LogP contribution < -0.4 is 4.74 Å². The maximum atomic E-state index is 11.9. The summed E-state index contributed by atoms with van der Waals surface area (Å²) in [7, 11) is 0. The Labute approximate surface area is 111 Å². The molecule has 1 fully saturated rings. The summed E-state index contributed by atoms with van der Waals surface area (Å²) in [6, 6.07) is 5.86. The van der Waals surface area contributed by atoms with Gasteiger partial charge in [0.25, 0.3) is 11.6 Å². The van der Waals surface area contributed by atoms with E-state index in [1.807, 2.05) is 0 Å². The first-order valence-corrected chi connectivity index (χ1v) is 6.32. The Bertz CT molecular complexity index is 469. The lowest BCUT2D eigenvalue weighted by atomic mass is 10.1. The maximum absolute atomic E-state index is 11.9. The van der Waals surface area contributed by atoms with Gasteiger partial charge >= 0.3 is 0 Å². The number of nitro benzene ring substituents is 1. The third kappa shape index (κ3) is 3.67. The van der Waals surface area contributed by atoms with Crippen molar-refractivity contribution in [3.8, 4) is 5.75 Å². The predicted octanol–water partition coefficient (Wildman–Crippen LogP) is 1.99. The van der Waals surface area contributed by atoms with Gasteiger partial charge in [0.15, 0.2) is 6.61 Å². The van der Waals surface area contributed by atoms with Crippen LogP contribution in [0.2, 0.25) is 0 Å². The average Bonchev–Trinajstić information content (AvgIpc) is 2.46. The minimum Gasteiger partial charge on any atom is -0.484 e. The summed E-state index contributed by atoms with van der Waals surface area (Å²) in [6.07, 6.45) is 3.22. The fourth-order valence-electron chi connectivity index (χ4n) is 2.07. The van der Waals surface area contributed by atoms with E-state index in [0.29, 0.717) is 5.75 Å².